The van der Waals surface area contributed by atoms with Crippen LogP contribution in [0.4, 0.5) is 0 Å². The van der Waals surface area contributed by atoms with Crippen molar-refractivity contribution in [1.29, 1.82) is 0 Å². The molecule has 1 atom stereocenters. The number of hydrogen-bond acceptors (Lipinski definition) is 4. The summed E-state index contributed by atoms with van der Waals surface area (Å²) in [7, 11) is 0. The van der Waals surface area contributed by atoms with E-state index in [2.05, 4.69) is 0 Å². The Morgan fingerprint density at radius 3 is 2.85 bits per heavy atom. The lowest BCUT2D eigenvalue weighted by Gasteiger charge is -2.15. The molecule has 0 spiro atoms. The Bertz CT molecular complexity index is 556. The molecule has 0 aliphatic carbocycles. The summed E-state index contributed by atoms with van der Waals surface area (Å²) >= 11 is 0. The number of likely N-dealkylation sites (tertiary alicyclic amines) is 1. The van der Waals surface area contributed by atoms with Crippen molar-refractivity contribution >= 4 is 11.9 Å². The third kappa shape index (κ3) is 2.41. The van der Waals surface area contributed by atoms with Gasteiger partial charge in [0.1, 0.15) is 0 Å². The molecule has 6 heteroatoms. The van der Waals surface area contributed by atoms with Crippen LogP contribution >= 0.6 is 0 Å². The average molecular weight is 277 g/mol. The molecule has 2 aliphatic rings. The SMILES string of the molecule is O=C(O)C1CCN(C(=O)Cc2ccc3c(c2)OCO3)C1. The number of carbonyl (C=O) groups is 2. The molecule has 1 aromatic carbocycles. The summed E-state index contributed by atoms with van der Waals surface area (Å²) in [6.45, 7) is 1.03. The van der Waals surface area contributed by atoms with Crippen LogP contribution < -0.4 is 9.47 Å². The van der Waals surface area contributed by atoms with Gasteiger partial charge < -0.3 is 19.5 Å². The van der Waals surface area contributed by atoms with Gasteiger partial charge in [0, 0.05) is 13.1 Å². The quantitative estimate of drug-likeness (QED) is 0.888. The highest BCUT2D eigenvalue weighted by atomic mass is 16.7. The van der Waals surface area contributed by atoms with Crippen molar-refractivity contribution in [2.45, 2.75) is 12.8 Å². The van der Waals surface area contributed by atoms with Gasteiger partial charge >= 0.3 is 5.97 Å². The summed E-state index contributed by atoms with van der Waals surface area (Å²) in [6, 6.07) is 5.41. The Balaban J connectivity index is 1.63. The maximum absolute atomic E-state index is 12.1. The van der Waals surface area contributed by atoms with Crippen molar-refractivity contribution < 1.29 is 24.2 Å². The van der Waals surface area contributed by atoms with Gasteiger partial charge in [0.25, 0.3) is 0 Å². The number of nitrogens with zero attached hydrogens (tertiary/aromatic N) is 1. The van der Waals surface area contributed by atoms with E-state index in [0.717, 1.165) is 5.56 Å². The summed E-state index contributed by atoms with van der Waals surface area (Å²) in [5.41, 5.74) is 0.845. The van der Waals surface area contributed by atoms with E-state index in [1.165, 1.54) is 0 Å². The number of rotatable bonds is 3. The zero-order valence-electron chi connectivity index (χ0n) is 10.9. The van der Waals surface area contributed by atoms with Crippen molar-refractivity contribution in [3.05, 3.63) is 23.8 Å². The first-order valence-corrected chi connectivity index (χ1v) is 6.52. The molecule has 0 saturated carbocycles. The summed E-state index contributed by atoms with van der Waals surface area (Å²) in [5.74, 6) is 0.0279. The fourth-order valence-corrected chi connectivity index (χ4v) is 2.53. The van der Waals surface area contributed by atoms with E-state index in [1.54, 1.807) is 17.0 Å². The lowest BCUT2D eigenvalue weighted by Crippen LogP contribution is -2.31. The molecule has 2 heterocycles. The van der Waals surface area contributed by atoms with E-state index in [1.807, 2.05) is 6.07 Å². The van der Waals surface area contributed by atoms with Crippen LogP contribution in [0.25, 0.3) is 0 Å². The molecule has 20 heavy (non-hydrogen) atoms. The van der Waals surface area contributed by atoms with Gasteiger partial charge in [-0.2, -0.15) is 0 Å². The summed E-state index contributed by atoms with van der Waals surface area (Å²) in [5, 5.41) is 8.94. The highest BCUT2D eigenvalue weighted by Crippen LogP contribution is 2.32. The van der Waals surface area contributed by atoms with Crippen LogP contribution in [-0.4, -0.2) is 41.8 Å². The van der Waals surface area contributed by atoms with Crippen LogP contribution in [0.1, 0.15) is 12.0 Å². The molecule has 3 rings (SSSR count). The van der Waals surface area contributed by atoms with Crippen LogP contribution in [0.5, 0.6) is 11.5 Å². The second-order valence-electron chi connectivity index (χ2n) is 5.03. The van der Waals surface area contributed by atoms with Gasteiger partial charge in [0.2, 0.25) is 12.7 Å². The van der Waals surface area contributed by atoms with Crippen molar-refractivity contribution in [3.8, 4) is 11.5 Å². The zero-order chi connectivity index (χ0) is 14.1. The molecule has 1 unspecified atom stereocenters. The lowest BCUT2D eigenvalue weighted by atomic mass is 10.1. The van der Waals surface area contributed by atoms with Crippen LogP contribution in [0.2, 0.25) is 0 Å². The Labute approximate surface area is 115 Å². The van der Waals surface area contributed by atoms with E-state index in [9.17, 15) is 9.59 Å². The minimum absolute atomic E-state index is 0.0485. The van der Waals surface area contributed by atoms with Gasteiger partial charge in [-0.25, -0.2) is 0 Å². The van der Waals surface area contributed by atoms with E-state index >= 15 is 0 Å². The Kier molecular flexibility index (Phi) is 3.22. The number of hydrogen-bond donors (Lipinski definition) is 1. The molecular formula is C14H15NO5. The molecule has 0 radical (unpaired) electrons. The van der Waals surface area contributed by atoms with Crippen LogP contribution in [0.3, 0.4) is 0 Å². The number of aliphatic carboxylic acids is 1. The van der Waals surface area contributed by atoms with Crippen LogP contribution in [-0.2, 0) is 16.0 Å². The Morgan fingerprint density at radius 1 is 1.30 bits per heavy atom. The highest BCUT2D eigenvalue weighted by Gasteiger charge is 2.30. The Hall–Kier alpha value is -2.24. The minimum Gasteiger partial charge on any atom is -0.481 e. The van der Waals surface area contributed by atoms with E-state index in [4.69, 9.17) is 14.6 Å². The van der Waals surface area contributed by atoms with Gasteiger partial charge in [-0.1, -0.05) is 6.07 Å². The standard InChI is InChI=1S/C14H15NO5/c16-13(15-4-3-10(7-15)14(17)18)6-9-1-2-11-12(5-9)20-8-19-11/h1-2,5,10H,3-4,6-8H2,(H,17,18). The molecular weight excluding hydrogens is 262 g/mol. The molecule has 1 N–H and O–H groups in total. The van der Waals surface area contributed by atoms with E-state index < -0.39 is 11.9 Å². The van der Waals surface area contributed by atoms with Crippen molar-refractivity contribution in [3.63, 3.8) is 0 Å². The second-order valence-corrected chi connectivity index (χ2v) is 5.03. The molecule has 1 aromatic rings. The number of carboxylic acids is 1. The molecule has 0 aromatic heterocycles. The topological polar surface area (TPSA) is 76.1 Å². The number of carbonyl (C=O) groups excluding carboxylic acids is 1. The monoisotopic (exact) mass is 277 g/mol. The number of ether oxygens (including phenoxy) is 2. The number of benzene rings is 1. The first-order valence-electron chi connectivity index (χ1n) is 6.52. The maximum atomic E-state index is 12.1. The van der Waals surface area contributed by atoms with Gasteiger partial charge in [0.15, 0.2) is 11.5 Å². The normalized spacial score (nSPS) is 20.2. The van der Waals surface area contributed by atoms with Gasteiger partial charge in [-0.15, -0.1) is 0 Å². The molecule has 1 fully saturated rings. The van der Waals surface area contributed by atoms with Crippen LogP contribution in [0, 0.1) is 5.92 Å². The van der Waals surface area contributed by atoms with Gasteiger partial charge in [0.05, 0.1) is 12.3 Å². The van der Waals surface area contributed by atoms with Crippen LogP contribution in [0.15, 0.2) is 18.2 Å². The highest BCUT2D eigenvalue weighted by molar-refractivity contribution is 5.81. The average Bonchev–Trinajstić information content (AvgIpc) is 3.07. The molecule has 106 valence electrons. The van der Waals surface area contributed by atoms with E-state index in [0.29, 0.717) is 31.0 Å². The van der Waals surface area contributed by atoms with E-state index in [-0.39, 0.29) is 19.1 Å². The smallest absolute Gasteiger partial charge is 0.308 e. The van der Waals surface area contributed by atoms with Gasteiger partial charge in [-0.3, -0.25) is 9.59 Å². The summed E-state index contributed by atoms with van der Waals surface area (Å²) in [6.07, 6.45) is 0.783. The predicted octanol–water partition coefficient (Wildman–Crippen LogP) is 0.891. The third-order valence-electron chi connectivity index (χ3n) is 3.68. The summed E-state index contributed by atoms with van der Waals surface area (Å²) < 4.78 is 10.5. The number of amides is 1. The molecule has 1 amide bonds. The Morgan fingerprint density at radius 2 is 2.10 bits per heavy atom. The predicted molar refractivity (Wildman–Crippen MR) is 68.6 cm³/mol. The van der Waals surface area contributed by atoms with Gasteiger partial charge in [-0.05, 0) is 24.1 Å². The van der Waals surface area contributed by atoms with Crippen molar-refractivity contribution in [1.82, 2.24) is 4.90 Å². The zero-order valence-corrected chi connectivity index (χ0v) is 10.9. The third-order valence-corrected chi connectivity index (χ3v) is 3.68. The van der Waals surface area contributed by atoms with Crippen molar-refractivity contribution in [2.24, 2.45) is 5.92 Å². The second kappa shape index (κ2) is 5.03. The number of fused-ring (bicyclic) bond motifs is 1. The van der Waals surface area contributed by atoms with Crippen molar-refractivity contribution in [2.75, 3.05) is 19.9 Å². The fraction of sp³-hybridized carbons (Fsp3) is 0.429. The lowest BCUT2D eigenvalue weighted by molar-refractivity contribution is -0.141. The summed E-state index contributed by atoms with van der Waals surface area (Å²) in [4.78, 5) is 24.6. The fourth-order valence-electron chi connectivity index (χ4n) is 2.53. The maximum Gasteiger partial charge on any atom is 0.308 e. The molecule has 2 aliphatic heterocycles. The minimum atomic E-state index is -0.830. The first-order chi connectivity index (χ1) is 9.63. The molecule has 6 nitrogen and oxygen atoms in total. The molecule has 1 saturated heterocycles. The molecule has 0 bridgehead atoms. The first kappa shape index (κ1) is 12.8. The number of carboxylic acid groups (broad SMARTS) is 1. The largest absolute Gasteiger partial charge is 0.481 e.